The Morgan fingerprint density at radius 1 is 1.32 bits per heavy atom. The maximum atomic E-state index is 12.4. The second-order valence-electron chi connectivity index (χ2n) is 7.05. The van der Waals surface area contributed by atoms with Crippen LogP contribution in [0.5, 0.6) is 5.75 Å². The predicted molar refractivity (Wildman–Crippen MR) is 91.1 cm³/mol. The average Bonchev–Trinajstić information content (AvgIpc) is 2.46. The molecule has 1 aromatic carbocycles. The van der Waals surface area contributed by atoms with Crippen molar-refractivity contribution in [2.75, 3.05) is 20.1 Å². The van der Waals surface area contributed by atoms with Crippen molar-refractivity contribution in [1.82, 2.24) is 4.90 Å². The maximum absolute atomic E-state index is 12.4. The van der Waals surface area contributed by atoms with E-state index in [9.17, 15) is 4.79 Å². The Morgan fingerprint density at radius 2 is 1.95 bits per heavy atom. The van der Waals surface area contributed by atoms with Gasteiger partial charge in [-0.3, -0.25) is 4.79 Å². The average molecular weight is 306 g/mol. The SMILES string of the molecule is CC(Oc1cccc(C(C)C)c1)C(=O)N(C)CC(C)(C)CN. The number of hydrogen-bond acceptors (Lipinski definition) is 3. The molecule has 0 spiro atoms. The second kappa shape index (κ2) is 7.63. The molecule has 1 atom stereocenters. The Kier molecular flexibility index (Phi) is 6.42. The van der Waals surface area contributed by atoms with Crippen LogP contribution in [0, 0.1) is 5.41 Å². The predicted octanol–water partition coefficient (Wildman–Crippen LogP) is 3.02. The number of rotatable bonds is 7. The minimum absolute atomic E-state index is 0.0310. The fraction of sp³-hybridized carbons (Fsp3) is 0.611. The molecule has 2 N–H and O–H groups in total. The summed E-state index contributed by atoms with van der Waals surface area (Å²) in [6.07, 6.45) is -0.513. The summed E-state index contributed by atoms with van der Waals surface area (Å²) < 4.78 is 5.81. The molecule has 0 aliphatic heterocycles. The van der Waals surface area contributed by atoms with Crippen molar-refractivity contribution in [3.05, 3.63) is 29.8 Å². The normalized spacial score (nSPS) is 13.1. The molecular weight excluding hydrogens is 276 g/mol. The van der Waals surface area contributed by atoms with Gasteiger partial charge in [0.1, 0.15) is 5.75 Å². The first-order valence-corrected chi connectivity index (χ1v) is 7.88. The monoisotopic (exact) mass is 306 g/mol. The highest BCUT2D eigenvalue weighted by Gasteiger charge is 2.25. The third-order valence-corrected chi connectivity index (χ3v) is 3.78. The number of carbonyl (C=O) groups excluding carboxylic acids is 1. The molecule has 0 fully saturated rings. The molecule has 4 nitrogen and oxygen atoms in total. The molecular formula is C18H30N2O2. The number of hydrogen-bond donors (Lipinski definition) is 1. The molecule has 0 saturated carbocycles. The van der Waals surface area contributed by atoms with Crippen molar-refractivity contribution in [3.63, 3.8) is 0 Å². The van der Waals surface area contributed by atoms with Crippen LogP contribution in [0.3, 0.4) is 0 Å². The smallest absolute Gasteiger partial charge is 0.263 e. The molecule has 0 heterocycles. The van der Waals surface area contributed by atoms with Gasteiger partial charge in [0.15, 0.2) is 6.10 Å². The van der Waals surface area contributed by atoms with E-state index in [4.69, 9.17) is 10.5 Å². The highest BCUT2D eigenvalue weighted by Crippen LogP contribution is 2.21. The lowest BCUT2D eigenvalue weighted by molar-refractivity contribution is -0.137. The molecule has 0 radical (unpaired) electrons. The van der Waals surface area contributed by atoms with Gasteiger partial charge in [-0.2, -0.15) is 0 Å². The number of ether oxygens (including phenoxy) is 1. The Bertz CT molecular complexity index is 498. The van der Waals surface area contributed by atoms with E-state index < -0.39 is 6.10 Å². The lowest BCUT2D eigenvalue weighted by atomic mass is 9.93. The lowest BCUT2D eigenvalue weighted by Gasteiger charge is -2.30. The number of carbonyl (C=O) groups is 1. The third-order valence-electron chi connectivity index (χ3n) is 3.78. The molecule has 1 rings (SSSR count). The summed E-state index contributed by atoms with van der Waals surface area (Å²) >= 11 is 0. The van der Waals surface area contributed by atoms with Crippen LogP contribution < -0.4 is 10.5 Å². The first-order chi connectivity index (χ1) is 10.2. The summed E-state index contributed by atoms with van der Waals surface area (Å²) in [5.41, 5.74) is 6.84. The topological polar surface area (TPSA) is 55.6 Å². The van der Waals surface area contributed by atoms with Crippen molar-refractivity contribution in [2.24, 2.45) is 11.1 Å². The zero-order chi connectivity index (χ0) is 16.9. The molecule has 0 saturated heterocycles. The highest BCUT2D eigenvalue weighted by molar-refractivity contribution is 5.80. The van der Waals surface area contributed by atoms with Crippen molar-refractivity contribution in [2.45, 2.75) is 46.6 Å². The lowest BCUT2D eigenvalue weighted by Crippen LogP contribution is -2.44. The Morgan fingerprint density at radius 3 is 2.50 bits per heavy atom. The van der Waals surface area contributed by atoms with E-state index in [0.29, 0.717) is 19.0 Å². The Hall–Kier alpha value is -1.55. The summed E-state index contributed by atoms with van der Waals surface area (Å²) in [4.78, 5) is 14.1. The minimum Gasteiger partial charge on any atom is -0.481 e. The van der Waals surface area contributed by atoms with E-state index in [2.05, 4.69) is 33.8 Å². The highest BCUT2D eigenvalue weighted by atomic mass is 16.5. The van der Waals surface area contributed by atoms with Gasteiger partial charge >= 0.3 is 0 Å². The Balaban J connectivity index is 2.70. The summed E-state index contributed by atoms with van der Waals surface area (Å²) in [5, 5.41) is 0. The molecule has 1 amide bonds. The van der Waals surface area contributed by atoms with Gasteiger partial charge in [0, 0.05) is 13.6 Å². The van der Waals surface area contributed by atoms with Crippen molar-refractivity contribution in [3.8, 4) is 5.75 Å². The molecule has 1 unspecified atom stereocenters. The van der Waals surface area contributed by atoms with Crippen LogP contribution in [0.25, 0.3) is 0 Å². The van der Waals surface area contributed by atoms with E-state index in [-0.39, 0.29) is 11.3 Å². The van der Waals surface area contributed by atoms with Crippen LogP contribution in [0.4, 0.5) is 0 Å². The van der Waals surface area contributed by atoms with Gasteiger partial charge in [0.25, 0.3) is 5.91 Å². The zero-order valence-corrected chi connectivity index (χ0v) is 14.7. The standard InChI is InChI=1S/C18H30N2O2/c1-13(2)15-8-7-9-16(10-15)22-14(3)17(21)20(6)12-18(4,5)11-19/h7-10,13-14H,11-12,19H2,1-6H3. The molecule has 0 aliphatic rings. The zero-order valence-electron chi connectivity index (χ0n) is 14.7. The van der Waals surface area contributed by atoms with Crippen LogP contribution in [0.15, 0.2) is 24.3 Å². The van der Waals surface area contributed by atoms with E-state index in [1.807, 2.05) is 18.2 Å². The number of likely N-dealkylation sites (N-methyl/N-ethyl adjacent to an activating group) is 1. The van der Waals surface area contributed by atoms with Crippen molar-refractivity contribution in [1.29, 1.82) is 0 Å². The van der Waals surface area contributed by atoms with Crippen LogP contribution >= 0.6 is 0 Å². The first kappa shape index (κ1) is 18.5. The Labute approximate surface area is 134 Å². The molecule has 124 valence electrons. The van der Waals surface area contributed by atoms with Gasteiger partial charge < -0.3 is 15.4 Å². The van der Waals surface area contributed by atoms with Gasteiger partial charge in [0.2, 0.25) is 0 Å². The fourth-order valence-corrected chi connectivity index (χ4v) is 2.30. The van der Waals surface area contributed by atoms with Crippen LogP contribution in [-0.4, -0.2) is 37.0 Å². The minimum atomic E-state index is -0.513. The molecule has 22 heavy (non-hydrogen) atoms. The molecule has 0 bridgehead atoms. The van der Waals surface area contributed by atoms with Gasteiger partial charge in [-0.15, -0.1) is 0 Å². The van der Waals surface area contributed by atoms with Crippen molar-refractivity contribution < 1.29 is 9.53 Å². The summed E-state index contributed by atoms with van der Waals surface area (Å²) in [6, 6.07) is 7.92. The van der Waals surface area contributed by atoms with Gasteiger partial charge in [-0.05, 0) is 42.5 Å². The van der Waals surface area contributed by atoms with Crippen LogP contribution in [0.1, 0.15) is 46.1 Å². The van der Waals surface area contributed by atoms with E-state index in [1.54, 1.807) is 18.9 Å². The number of amides is 1. The fourth-order valence-electron chi connectivity index (χ4n) is 2.30. The summed E-state index contributed by atoms with van der Waals surface area (Å²) in [6.45, 7) is 11.3. The molecule has 0 aliphatic carbocycles. The summed E-state index contributed by atoms with van der Waals surface area (Å²) in [5.74, 6) is 1.14. The van der Waals surface area contributed by atoms with Crippen LogP contribution in [0.2, 0.25) is 0 Å². The quantitative estimate of drug-likeness (QED) is 0.842. The van der Waals surface area contributed by atoms with Gasteiger partial charge in [-0.1, -0.05) is 39.8 Å². The van der Waals surface area contributed by atoms with E-state index >= 15 is 0 Å². The molecule has 4 heteroatoms. The summed E-state index contributed by atoms with van der Waals surface area (Å²) in [7, 11) is 1.80. The van der Waals surface area contributed by atoms with Crippen LogP contribution in [-0.2, 0) is 4.79 Å². The third kappa shape index (κ3) is 5.34. The molecule has 1 aromatic rings. The second-order valence-corrected chi connectivity index (χ2v) is 7.05. The maximum Gasteiger partial charge on any atom is 0.263 e. The number of benzene rings is 1. The van der Waals surface area contributed by atoms with Gasteiger partial charge in [-0.25, -0.2) is 0 Å². The van der Waals surface area contributed by atoms with Crippen molar-refractivity contribution >= 4 is 5.91 Å². The number of nitrogens with two attached hydrogens (primary N) is 1. The van der Waals surface area contributed by atoms with E-state index in [1.165, 1.54) is 5.56 Å². The number of nitrogens with zero attached hydrogens (tertiary/aromatic N) is 1. The van der Waals surface area contributed by atoms with Gasteiger partial charge in [0.05, 0.1) is 0 Å². The molecule has 0 aromatic heterocycles. The largest absolute Gasteiger partial charge is 0.481 e. The first-order valence-electron chi connectivity index (χ1n) is 7.88. The van der Waals surface area contributed by atoms with E-state index in [0.717, 1.165) is 5.75 Å².